The van der Waals surface area contributed by atoms with E-state index in [1.807, 2.05) is 24.3 Å². The Morgan fingerprint density at radius 1 is 1.12 bits per heavy atom. The summed E-state index contributed by atoms with van der Waals surface area (Å²) in [4.78, 5) is 28.2. The van der Waals surface area contributed by atoms with Gasteiger partial charge in [-0.25, -0.2) is 9.50 Å². The van der Waals surface area contributed by atoms with E-state index >= 15 is 0 Å². The molecule has 1 N–H and O–H groups in total. The lowest BCUT2D eigenvalue weighted by atomic mass is 9.83. The van der Waals surface area contributed by atoms with Crippen LogP contribution in [0.15, 0.2) is 54.9 Å². The summed E-state index contributed by atoms with van der Waals surface area (Å²) < 4.78 is 1.59. The Balaban J connectivity index is 1.62. The highest BCUT2D eigenvalue weighted by Crippen LogP contribution is 2.40. The number of ketones is 1. The molecule has 0 spiro atoms. The summed E-state index contributed by atoms with van der Waals surface area (Å²) >= 11 is 6.09. The molecule has 0 amide bonds. The molecule has 34 heavy (non-hydrogen) atoms. The Morgan fingerprint density at radius 2 is 1.85 bits per heavy atom. The number of rotatable bonds is 5. The van der Waals surface area contributed by atoms with E-state index in [-0.39, 0.29) is 22.6 Å². The third-order valence-corrected chi connectivity index (χ3v) is 6.59. The summed E-state index contributed by atoms with van der Waals surface area (Å²) in [6.45, 7) is 0. The van der Waals surface area contributed by atoms with E-state index in [4.69, 9.17) is 16.7 Å². The van der Waals surface area contributed by atoms with Crippen molar-refractivity contribution in [2.45, 2.75) is 38.0 Å². The molecule has 1 saturated carbocycles. The summed E-state index contributed by atoms with van der Waals surface area (Å²) in [6.07, 6.45) is 8.60. The van der Waals surface area contributed by atoms with Gasteiger partial charge in [-0.1, -0.05) is 43.0 Å². The standard InChI is InChI=1S/C25H21ClN4O4/c26-18-8-6-16(7-9-18)23-22(15-4-2-1-3-5-15)25-27-13-17(14-29(25)28-23)24(32)20-12-19(30(33)34)10-11-21(20)31/h6-15,31H,1-5H2. The molecule has 1 aliphatic carbocycles. The van der Waals surface area contributed by atoms with Crippen LogP contribution in [-0.4, -0.2) is 30.4 Å². The number of hydrogen-bond acceptors (Lipinski definition) is 6. The molecule has 172 valence electrons. The van der Waals surface area contributed by atoms with Crippen molar-refractivity contribution < 1.29 is 14.8 Å². The first kappa shape index (κ1) is 22.0. The van der Waals surface area contributed by atoms with Gasteiger partial charge in [-0.3, -0.25) is 14.9 Å². The fourth-order valence-electron chi connectivity index (χ4n) is 4.63. The first-order valence-corrected chi connectivity index (χ1v) is 11.5. The van der Waals surface area contributed by atoms with Gasteiger partial charge in [0, 0.05) is 40.7 Å². The monoisotopic (exact) mass is 476 g/mol. The Kier molecular flexibility index (Phi) is 5.75. The number of aromatic nitrogens is 3. The van der Waals surface area contributed by atoms with Crippen LogP contribution in [-0.2, 0) is 0 Å². The molecule has 2 aromatic carbocycles. The van der Waals surface area contributed by atoms with Crippen molar-refractivity contribution in [3.05, 3.63) is 86.7 Å². The number of nitro groups is 1. The quantitative estimate of drug-likeness (QED) is 0.217. The highest BCUT2D eigenvalue weighted by Gasteiger charge is 2.26. The zero-order valence-electron chi connectivity index (χ0n) is 18.1. The molecule has 9 heteroatoms. The van der Waals surface area contributed by atoms with Crippen LogP contribution in [0.1, 0.15) is 59.5 Å². The molecule has 2 aromatic heterocycles. The number of nitro benzene ring substituents is 1. The predicted octanol–water partition coefficient (Wildman–Crippen LogP) is 5.94. The van der Waals surface area contributed by atoms with Crippen LogP contribution < -0.4 is 0 Å². The van der Waals surface area contributed by atoms with Crippen molar-refractivity contribution >= 4 is 28.7 Å². The minimum Gasteiger partial charge on any atom is -0.507 e. The van der Waals surface area contributed by atoms with Crippen molar-refractivity contribution in [3.63, 3.8) is 0 Å². The molecule has 0 radical (unpaired) electrons. The smallest absolute Gasteiger partial charge is 0.270 e. The van der Waals surface area contributed by atoms with Crippen LogP contribution in [0.3, 0.4) is 0 Å². The average Bonchev–Trinajstić information content (AvgIpc) is 3.23. The molecule has 0 bridgehead atoms. The van der Waals surface area contributed by atoms with Crippen molar-refractivity contribution in [1.29, 1.82) is 0 Å². The minimum absolute atomic E-state index is 0.159. The van der Waals surface area contributed by atoms with E-state index in [0.29, 0.717) is 16.6 Å². The molecule has 0 saturated heterocycles. The molecule has 0 atom stereocenters. The third kappa shape index (κ3) is 4.01. The largest absolute Gasteiger partial charge is 0.507 e. The van der Waals surface area contributed by atoms with Gasteiger partial charge in [0.2, 0.25) is 0 Å². The van der Waals surface area contributed by atoms with Gasteiger partial charge in [0.25, 0.3) is 5.69 Å². The van der Waals surface area contributed by atoms with Gasteiger partial charge in [-0.05, 0) is 37.0 Å². The summed E-state index contributed by atoms with van der Waals surface area (Å²) in [5.41, 5.74) is 3.19. The maximum Gasteiger partial charge on any atom is 0.270 e. The molecule has 4 aromatic rings. The highest BCUT2D eigenvalue weighted by atomic mass is 35.5. The van der Waals surface area contributed by atoms with Gasteiger partial charge in [0.05, 0.1) is 21.7 Å². The first-order valence-electron chi connectivity index (χ1n) is 11.1. The van der Waals surface area contributed by atoms with Gasteiger partial charge < -0.3 is 5.11 Å². The number of halogens is 1. The Labute approximate surface area is 200 Å². The highest BCUT2D eigenvalue weighted by molar-refractivity contribution is 6.30. The molecule has 2 heterocycles. The lowest BCUT2D eigenvalue weighted by Gasteiger charge is -2.21. The van der Waals surface area contributed by atoms with Gasteiger partial charge in [0.15, 0.2) is 11.4 Å². The van der Waals surface area contributed by atoms with E-state index in [1.54, 1.807) is 10.7 Å². The number of hydrogen-bond donors (Lipinski definition) is 1. The van der Waals surface area contributed by atoms with Crippen molar-refractivity contribution in [3.8, 4) is 17.0 Å². The molecule has 0 unspecified atom stereocenters. The van der Waals surface area contributed by atoms with Gasteiger partial charge >= 0.3 is 0 Å². The Bertz CT molecular complexity index is 1410. The summed E-state index contributed by atoms with van der Waals surface area (Å²) in [5.74, 6) is -0.592. The maximum atomic E-state index is 13.1. The van der Waals surface area contributed by atoms with E-state index in [1.165, 1.54) is 12.6 Å². The number of phenols is 1. The second kappa shape index (κ2) is 8.87. The van der Waals surface area contributed by atoms with E-state index in [2.05, 4.69) is 4.98 Å². The normalized spacial score (nSPS) is 14.4. The predicted molar refractivity (Wildman–Crippen MR) is 127 cm³/mol. The molecule has 8 nitrogen and oxygen atoms in total. The molecular weight excluding hydrogens is 456 g/mol. The number of carbonyl (C=O) groups excluding carboxylic acids is 1. The maximum absolute atomic E-state index is 13.1. The number of carbonyl (C=O) groups is 1. The number of non-ortho nitro benzene ring substituents is 1. The van der Waals surface area contributed by atoms with Crippen LogP contribution in [0.5, 0.6) is 5.75 Å². The van der Waals surface area contributed by atoms with Gasteiger partial charge in [-0.2, -0.15) is 5.10 Å². The zero-order chi connectivity index (χ0) is 23.8. The first-order chi connectivity index (χ1) is 16.4. The molecule has 1 fully saturated rings. The fourth-order valence-corrected chi connectivity index (χ4v) is 4.76. The minimum atomic E-state index is -0.611. The van der Waals surface area contributed by atoms with Crippen molar-refractivity contribution in [2.24, 2.45) is 0 Å². The summed E-state index contributed by atoms with van der Waals surface area (Å²) in [5, 5.41) is 26.7. The van der Waals surface area contributed by atoms with Crippen molar-refractivity contribution in [2.75, 3.05) is 0 Å². The molecular formula is C25H21ClN4O4. The third-order valence-electron chi connectivity index (χ3n) is 6.34. The lowest BCUT2D eigenvalue weighted by molar-refractivity contribution is -0.384. The van der Waals surface area contributed by atoms with Gasteiger partial charge in [0.1, 0.15) is 5.75 Å². The van der Waals surface area contributed by atoms with E-state index in [0.717, 1.165) is 60.7 Å². The number of nitrogens with zero attached hydrogens (tertiary/aromatic N) is 4. The number of benzene rings is 2. The topological polar surface area (TPSA) is 111 Å². The zero-order valence-corrected chi connectivity index (χ0v) is 18.9. The number of fused-ring (bicyclic) bond motifs is 1. The second-order valence-electron chi connectivity index (χ2n) is 8.50. The number of aromatic hydroxyl groups is 1. The molecule has 5 rings (SSSR count). The van der Waals surface area contributed by atoms with Crippen LogP contribution >= 0.6 is 11.6 Å². The summed E-state index contributed by atoms with van der Waals surface area (Å²) in [7, 11) is 0. The van der Waals surface area contributed by atoms with E-state index < -0.39 is 10.7 Å². The van der Waals surface area contributed by atoms with Crippen molar-refractivity contribution in [1.82, 2.24) is 14.6 Å². The fraction of sp³-hybridized carbons (Fsp3) is 0.240. The van der Waals surface area contributed by atoms with Crippen LogP contribution in [0, 0.1) is 10.1 Å². The Hall–Kier alpha value is -3.78. The van der Waals surface area contributed by atoms with Gasteiger partial charge in [-0.15, -0.1) is 0 Å². The molecule has 1 aliphatic rings. The number of phenolic OH excluding ortho intramolecular Hbond substituents is 1. The summed E-state index contributed by atoms with van der Waals surface area (Å²) in [6, 6.07) is 10.8. The Morgan fingerprint density at radius 3 is 2.56 bits per heavy atom. The second-order valence-corrected chi connectivity index (χ2v) is 8.94. The lowest BCUT2D eigenvalue weighted by Crippen LogP contribution is -2.08. The SMILES string of the molecule is O=C(c1cnc2c(C3CCCCC3)c(-c3ccc(Cl)cc3)nn2c1)c1cc([N+](=O)[O-])ccc1O. The van der Waals surface area contributed by atoms with Crippen LogP contribution in [0.2, 0.25) is 5.02 Å². The van der Waals surface area contributed by atoms with E-state index in [9.17, 15) is 20.0 Å². The average molecular weight is 477 g/mol. The van der Waals surface area contributed by atoms with Crippen LogP contribution in [0.25, 0.3) is 16.9 Å². The van der Waals surface area contributed by atoms with Crippen LogP contribution in [0.4, 0.5) is 5.69 Å². The molecule has 0 aliphatic heterocycles.